The lowest BCUT2D eigenvalue weighted by Gasteiger charge is -2.13. The monoisotopic (exact) mass is 451 g/mol. The molecule has 0 saturated heterocycles. The Hall–Kier alpha value is -3.60. The van der Waals surface area contributed by atoms with Crippen LogP contribution in [0.3, 0.4) is 0 Å². The second kappa shape index (κ2) is 9.47. The van der Waals surface area contributed by atoms with E-state index >= 15 is 0 Å². The second-order valence-corrected chi connectivity index (χ2v) is 7.11. The van der Waals surface area contributed by atoms with E-state index in [2.05, 4.69) is 20.6 Å². The van der Waals surface area contributed by atoms with Crippen LogP contribution in [0.15, 0.2) is 54.6 Å². The Kier molecular flexibility index (Phi) is 6.75. The van der Waals surface area contributed by atoms with Gasteiger partial charge in [0.15, 0.2) is 0 Å². The maximum atomic E-state index is 12.4. The van der Waals surface area contributed by atoms with Gasteiger partial charge in [-0.25, -0.2) is 15.2 Å². The topological polar surface area (TPSA) is 89.6 Å². The van der Waals surface area contributed by atoms with Gasteiger partial charge in [0, 0.05) is 11.1 Å². The molecule has 31 heavy (non-hydrogen) atoms. The van der Waals surface area contributed by atoms with Crippen LogP contribution >= 0.6 is 11.3 Å². The Bertz CT molecular complexity index is 1070. The number of halogens is 3. The Morgan fingerprint density at radius 1 is 1.03 bits per heavy atom. The van der Waals surface area contributed by atoms with Crippen molar-refractivity contribution in [2.75, 3.05) is 0 Å². The third kappa shape index (κ3) is 6.19. The maximum Gasteiger partial charge on any atom is 0.573 e. The molecule has 0 unspecified atom stereocenters. The molecule has 0 bridgehead atoms. The van der Waals surface area contributed by atoms with Gasteiger partial charge in [-0.15, -0.1) is 24.5 Å². The Balaban J connectivity index is 1.55. The number of hydrazine groups is 1. The summed E-state index contributed by atoms with van der Waals surface area (Å²) in [7, 11) is 0. The summed E-state index contributed by atoms with van der Waals surface area (Å²) in [5, 5.41) is 0.645. The van der Waals surface area contributed by atoms with Crippen molar-refractivity contribution in [1.82, 2.24) is 15.8 Å². The second-order valence-electron chi connectivity index (χ2n) is 6.11. The zero-order chi connectivity index (χ0) is 22.4. The molecule has 0 atom stereocenters. The Labute approximate surface area is 178 Å². The van der Waals surface area contributed by atoms with E-state index in [0.29, 0.717) is 15.6 Å². The van der Waals surface area contributed by atoms with Crippen molar-refractivity contribution in [3.63, 3.8) is 0 Å². The quantitative estimate of drug-likeness (QED) is 0.554. The first-order valence-corrected chi connectivity index (χ1v) is 9.64. The fourth-order valence-corrected chi connectivity index (χ4v) is 3.47. The minimum Gasteiger partial charge on any atom is -0.443 e. The third-order valence-corrected chi connectivity index (χ3v) is 5.06. The molecular weight excluding hydrogens is 435 g/mol. The molecule has 2 amide bonds. The Morgan fingerprint density at radius 3 is 2.42 bits per heavy atom. The van der Waals surface area contributed by atoms with Crippen LogP contribution < -0.4 is 15.6 Å². The molecule has 0 saturated carbocycles. The third-order valence-electron chi connectivity index (χ3n) is 3.86. The van der Waals surface area contributed by atoms with Gasteiger partial charge in [0.25, 0.3) is 5.91 Å². The molecule has 0 spiro atoms. The average molecular weight is 451 g/mol. The molecule has 2 aromatic carbocycles. The summed E-state index contributed by atoms with van der Waals surface area (Å²) in [5.74, 6) is -1.09. The number of para-hydroxylation sites is 1. The summed E-state index contributed by atoms with van der Waals surface area (Å²) < 4.78 is 46.1. The maximum absolute atomic E-state index is 12.4. The summed E-state index contributed by atoms with van der Waals surface area (Å²) in [6.07, 6.45) is -5.93. The first-order valence-electron chi connectivity index (χ1n) is 8.82. The molecule has 3 rings (SSSR count). The van der Waals surface area contributed by atoms with Crippen LogP contribution in [0.5, 0.6) is 5.75 Å². The number of rotatable bonds is 5. The van der Waals surface area contributed by atoms with E-state index in [-0.39, 0.29) is 5.56 Å². The van der Waals surface area contributed by atoms with Gasteiger partial charge < -0.3 is 9.47 Å². The zero-order valence-corrected chi connectivity index (χ0v) is 16.8. The van der Waals surface area contributed by atoms with E-state index in [9.17, 15) is 22.8 Å². The van der Waals surface area contributed by atoms with E-state index in [1.165, 1.54) is 18.2 Å². The van der Waals surface area contributed by atoms with Crippen molar-refractivity contribution < 1.29 is 32.2 Å². The van der Waals surface area contributed by atoms with Gasteiger partial charge in [-0.05, 0) is 13.0 Å². The number of alkyl halides is 3. The van der Waals surface area contributed by atoms with Gasteiger partial charge in [0.05, 0.1) is 5.69 Å². The van der Waals surface area contributed by atoms with E-state index in [4.69, 9.17) is 4.74 Å². The normalized spacial score (nSPS) is 11.0. The number of nitrogens with one attached hydrogen (secondary N) is 2. The highest BCUT2D eigenvalue weighted by Crippen LogP contribution is 2.28. The van der Waals surface area contributed by atoms with E-state index in [1.54, 1.807) is 6.92 Å². The summed E-state index contributed by atoms with van der Waals surface area (Å²) in [5.41, 5.74) is 5.58. The number of thiazole rings is 1. The molecule has 0 aliphatic heterocycles. The predicted octanol–water partition coefficient (Wildman–Crippen LogP) is 4.59. The van der Waals surface area contributed by atoms with Crippen LogP contribution in [0.2, 0.25) is 0 Å². The molecule has 1 heterocycles. The molecule has 7 nitrogen and oxygen atoms in total. The highest BCUT2D eigenvalue weighted by atomic mass is 32.1. The lowest BCUT2D eigenvalue weighted by molar-refractivity contribution is -0.275. The molecule has 3 aromatic rings. The lowest BCUT2D eigenvalue weighted by atomic mass is 10.2. The van der Waals surface area contributed by atoms with Crippen molar-refractivity contribution in [1.29, 1.82) is 0 Å². The van der Waals surface area contributed by atoms with E-state index in [1.807, 2.05) is 30.3 Å². The van der Waals surface area contributed by atoms with Gasteiger partial charge in [-0.3, -0.25) is 10.2 Å². The molecular formula is C20H16F3N3O4S. The number of amides is 2. The van der Waals surface area contributed by atoms with E-state index < -0.39 is 30.7 Å². The number of aryl methyl sites for hydroxylation is 1. The van der Waals surface area contributed by atoms with Gasteiger partial charge in [-0.1, -0.05) is 48.5 Å². The predicted molar refractivity (Wildman–Crippen MR) is 106 cm³/mol. The van der Waals surface area contributed by atoms with Crippen LogP contribution in [0.1, 0.15) is 20.9 Å². The van der Waals surface area contributed by atoms with Crippen LogP contribution in [0.25, 0.3) is 10.6 Å². The SMILES string of the molecule is Cc1nc(-c2ccccc2)sc1C(=O)NNC(=O)OCc1ccccc1OC(F)(F)F. The summed E-state index contributed by atoms with van der Waals surface area (Å²) in [4.78, 5) is 28.8. The molecule has 0 aliphatic carbocycles. The average Bonchev–Trinajstić information content (AvgIpc) is 3.12. The molecule has 162 valence electrons. The van der Waals surface area contributed by atoms with Gasteiger partial charge in [0.2, 0.25) is 0 Å². The number of carbonyl (C=O) groups excluding carboxylic acids is 2. The van der Waals surface area contributed by atoms with Crippen LogP contribution in [-0.2, 0) is 11.3 Å². The lowest BCUT2D eigenvalue weighted by Crippen LogP contribution is -2.41. The van der Waals surface area contributed by atoms with Gasteiger partial charge in [0.1, 0.15) is 22.2 Å². The summed E-state index contributed by atoms with van der Waals surface area (Å²) >= 11 is 1.15. The molecule has 0 aliphatic rings. The van der Waals surface area contributed by atoms with Crippen LogP contribution in [0, 0.1) is 6.92 Å². The number of hydrogen-bond acceptors (Lipinski definition) is 6. The molecule has 1 aromatic heterocycles. The number of ether oxygens (including phenoxy) is 2. The molecule has 2 N–H and O–H groups in total. The van der Waals surface area contributed by atoms with Crippen molar-refractivity contribution in [2.45, 2.75) is 19.9 Å². The Morgan fingerprint density at radius 2 is 1.71 bits per heavy atom. The summed E-state index contributed by atoms with van der Waals surface area (Å²) in [6, 6.07) is 14.5. The number of benzene rings is 2. The van der Waals surface area contributed by atoms with E-state index in [0.717, 1.165) is 23.0 Å². The minimum absolute atomic E-state index is 0.00658. The zero-order valence-electron chi connectivity index (χ0n) is 16.0. The first-order chi connectivity index (χ1) is 14.7. The van der Waals surface area contributed by atoms with Gasteiger partial charge >= 0.3 is 12.5 Å². The smallest absolute Gasteiger partial charge is 0.443 e. The van der Waals surface area contributed by atoms with Crippen molar-refractivity contribution in [3.8, 4) is 16.3 Å². The standard InChI is InChI=1S/C20H16F3N3O4S/c1-12-16(31-18(24-12)13-7-3-2-4-8-13)17(27)25-26-19(28)29-11-14-9-5-6-10-15(14)30-20(21,22)23/h2-10H,11H2,1H3,(H,25,27)(H,26,28). The number of aromatic nitrogens is 1. The number of hydrogen-bond donors (Lipinski definition) is 2. The molecule has 0 fully saturated rings. The number of nitrogens with zero attached hydrogens (tertiary/aromatic N) is 1. The highest BCUT2D eigenvalue weighted by Gasteiger charge is 2.32. The minimum atomic E-state index is -4.88. The van der Waals surface area contributed by atoms with Crippen molar-refractivity contribution >= 4 is 23.3 Å². The van der Waals surface area contributed by atoms with Gasteiger partial charge in [-0.2, -0.15) is 0 Å². The fourth-order valence-electron chi connectivity index (χ4n) is 2.50. The number of carbonyl (C=O) groups is 2. The van der Waals surface area contributed by atoms with Crippen LogP contribution in [0.4, 0.5) is 18.0 Å². The highest BCUT2D eigenvalue weighted by molar-refractivity contribution is 7.17. The fraction of sp³-hybridized carbons (Fsp3) is 0.150. The van der Waals surface area contributed by atoms with Crippen molar-refractivity contribution in [2.24, 2.45) is 0 Å². The van der Waals surface area contributed by atoms with Crippen molar-refractivity contribution in [3.05, 3.63) is 70.7 Å². The largest absolute Gasteiger partial charge is 0.573 e. The van der Waals surface area contributed by atoms with Crippen LogP contribution in [-0.4, -0.2) is 23.3 Å². The first kappa shape index (κ1) is 22.1. The molecule has 0 radical (unpaired) electrons. The summed E-state index contributed by atoms with van der Waals surface area (Å²) in [6.45, 7) is 1.17. The molecule has 11 heteroatoms.